The topological polar surface area (TPSA) is 47.3 Å². The van der Waals surface area contributed by atoms with E-state index in [1.165, 1.54) is 0 Å². The van der Waals surface area contributed by atoms with Gasteiger partial charge in [-0.2, -0.15) is 5.10 Å². The Balaban J connectivity index is 1.84. The molecule has 1 aliphatic heterocycles. The second-order valence-corrected chi connectivity index (χ2v) is 4.30. The first kappa shape index (κ1) is 11.6. The molecule has 1 aliphatic rings. The highest BCUT2D eigenvalue weighted by atomic mass is 16.5. The van der Waals surface area contributed by atoms with Gasteiger partial charge >= 0.3 is 0 Å². The van der Waals surface area contributed by atoms with Crippen molar-refractivity contribution in [2.75, 3.05) is 6.61 Å². The SMILES string of the molecule is CCn1nccc1C(O)CCC1CCCO1. The zero-order chi connectivity index (χ0) is 11.4. The predicted molar refractivity (Wildman–Crippen MR) is 61.1 cm³/mol. The molecule has 0 aliphatic carbocycles. The highest BCUT2D eigenvalue weighted by Crippen LogP contribution is 2.23. The minimum absolute atomic E-state index is 0.354. The number of hydrogen-bond donors (Lipinski definition) is 1. The molecule has 1 N–H and O–H groups in total. The van der Waals surface area contributed by atoms with Crippen molar-refractivity contribution in [3.8, 4) is 0 Å². The van der Waals surface area contributed by atoms with Gasteiger partial charge in [-0.05, 0) is 38.7 Å². The fraction of sp³-hybridized carbons (Fsp3) is 0.750. The van der Waals surface area contributed by atoms with Gasteiger partial charge in [0.25, 0.3) is 0 Å². The molecule has 0 amide bonds. The van der Waals surface area contributed by atoms with Crippen LogP contribution in [0.2, 0.25) is 0 Å². The Kier molecular flexibility index (Phi) is 3.96. The van der Waals surface area contributed by atoms with Gasteiger partial charge in [-0.25, -0.2) is 0 Å². The van der Waals surface area contributed by atoms with Gasteiger partial charge in [0, 0.05) is 19.3 Å². The van der Waals surface area contributed by atoms with E-state index in [4.69, 9.17) is 4.74 Å². The van der Waals surface area contributed by atoms with Crippen molar-refractivity contribution >= 4 is 0 Å². The lowest BCUT2D eigenvalue weighted by Crippen LogP contribution is -2.11. The van der Waals surface area contributed by atoms with Crippen LogP contribution < -0.4 is 0 Å². The van der Waals surface area contributed by atoms with Crippen LogP contribution in [0, 0.1) is 0 Å². The van der Waals surface area contributed by atoms with Crippen LogP contribution in [0.25, 0.3) is 0 Å². The second kappa shape index (κ2) is 5.46. The van der Waals surface area contributed by atoms with Crippen molar-refractivity contribution in [3.05, 3.63) is 18.0 Å². The quantitative estimate of drug-likeness (QED) is 0.831. The molecule has 2 rings (SSSR count). The van der Waals surface area contributed by atoms with E-state index in [0.29, 0.717) is 6.10 Å². The normalized spacial score (nSPS) is 22.5. The molecule has 2 atom stereocenters. The molecule has 1 aromatic heterocycles. The number of aromatic nitrogens is 2. The molecule has 4 nitrogen and oxygen atoms in total. The van der Waals surface area contributed by atoms with E-state index in [1.54, 1.807) is 6.20 Å². The smallest absolute Gasteiger partial charge is 0.0957 e. The minimum Gasteiger partial charge on any atom is -0.387 e. The maximum absolute atomic E-state index is 10.1. The van der Waals surface area contributed by atoms with Gasteiger partial charge in [0.2, 0.25) is 0 Å². The second-order valence-electron chi connectivity index (χ2n) is 4.30. The average Bonchev–Trinajstić information content (AvgIpc) is 2.96. The molecular formula is C12H20N2O2. The molecule has 1 fully saturated rings. The van der Waals surface area contributed by atoms with Crippen LogP contribution in [-0.2, 0) is 11.3 Å². The van der Waals surface area contributed by atoms with Crippen LogP contribution in [0.5, 0.6) is 0 Å². The predicted octanol–water partition coefficient (Wildman–Crippen LogP) is 1.90. The van der Waals surface area contributed by atoms with E-state index in [0.717, 1.165) is 44.5 Å². The molecule has 0 radical (unpaired) electrons. The molecule has 0 saturated carbocycles. The van der Waals surface area contributed by atoms with E-state index in [2.05, 4.69) is 5.10 Å². The Hall–Kier alpha value is -0.870. The lowest BCUT2D eigenvalue weighted by atomic mass is 10.1. The van der Waals surface area contributed by atoms with Gasteiger partial charge in [-0.3, -0.25) is 4.68 Å². The maximum atomic E-state index is 10.1. The average molecular weight is 224 g/mol. The molecule has 1 aromatic rings. The molecular weight excluding hydrogens is 204 g/mol. The lowest BCUT2D eigenvalue weighted by molar-refractivity contribution is 0.0789. The van der Waals surface area contributed by atoms with E-state index >= 15 is 0 Å². The van der Waals surface area contributed by atoms with Crippen molar-refractivity contribution in [2.45, 2.75) is 51.4 Å². The first-order valence-electron chi connectivity index (χ1n) is 6.12. The van der Waals surface area contributed by atoms with Gasteiger partial charge in [0.15, 0.2) is 0 Å². The summed E-state index contributed by atoms with van der Waals surface area (Å²) in [6, 6.07) is 1.89. The van der Waals surface area contributed by atoms with Crippen LogP contribution in [0.3, 0.4) is 0 Å². The molecule has 2 heterocycles. The molecule has 4 heteroatoms. The summed E-state index contributed by atoms with van der Waals surface area (Å²) in [5, 5.41) is 14.2. The summed E-state index contributed by atoms with van der Waals surface area (Å²) in [7, 11) is 0. The van der Waals surface area contributed by atoms with Crippen LogP contribution in [0.15, 0.2) is 12.3 Å². The van der Waals surface area contributed by atoms with Crippen LogP contribution in [-0.4, -0.2) is 27.6 Å². The third-order valence-electron chi connectivity index (χ3n) is 3.18. The number of aliphatic hydroxyl groups is 1. The summed E-state index contributed by atoms with van der Waals surface area (Å²) >= 11 is 0. The summed E-state index contributed by atoms with van der Waals surface area (Å²) in [6.07, 6.45) is 5.69. The third-order valence-corrected chi connectivity index (χ3v) is 3.18. The molecule has 2 unspecified atom stereocenters. The minimum atomic E-state index is -0.411. The fourth-order valence-electron chi connectivity index (χ4n) is 2.25. The number of nitrogens with zero attached hydrogens (tertiary/aromatic N) is 2. The Labute approximate surface area is 96.2 Å². The number of rotatable bonds is 5. The van der Waals surface area contributed by atoms with E-state index in [-0.39, 0.29) is 0 Å². The van der Waals surface area contributed by atoms with Crippen molar-refractivity contribution in [3.63, 3.8) is 0 Å². The molecule has 0 aromatic carbocycles. The Morgan fingerprint density at radius 3 is 3.25 bits per heavy atom. The van der Waals surface area contributed by atoms with E-state index in [1.807, 2.05) is 17.7 Å². The molecule has 1 saturated heterocycles. The van der Waals surface area contributed by atoms with Crippen molar-refractivity contribution < 1.29 is 9.84 Å². The number of aryl methyl sites for hydroxylation is 1. The summed E-state index contributed by atoms with van der Waals surface area (Å²) in [4.78, 5) is 0. The van der Waals surface area contributed by atoms with Crippen molar-refractivity contribution in [1.29, 1.82) is 0 Å². The van der Waals surface area contributed by atoms with Gasteiger partial charge in [0.05, 0.1) is 17.9 Å². The van der Waals surface area contributed by atoms with E-state index in [9.17, 15) is 5.11 Å². The molecule has 0 bridgehead atoms. The zero-order valence-electron chi connectivity index (χ0n) is 9.80. The summed E-state index contributed by atoms with van der Waals surface area (Å²) < 4.78 is 7.39. The molecule has 0 spiro atoms. The number of aliphatic hydroxyl groups excluding tert-OH is 1. The first-order chi connectivity index (χ1) is 7.81. The maximum Gasteiger partial charge on any atom is 0.0957 e. The zero-order valence-corrected chi connectivity index (χ0v) is 9.80. The van der Waals surface area contributed by atoms with Gasteiger partial charge in [0.1, 0.15) is 0 Å². The summed E-state index contributed by atoms with van der Waals surface area (Å²) in [5.41, 5.74) is 0.917. The molecule has 90 valence electrons. The lowest BCUT2D eigenvalue weighted by Gasteiger charge is -2.14. The number of ether oxygens (including phenoxy) is 1. The van der Waals surface area contributed by atoms with Gasteiger partial charge in [-0.1, -0.05) is 0 Å². The Bertz CT molecular complexity index is 319. The number of hydrogen-bond acceptors (Lipinski definition) is 3. The van der Waals surface area contributed by atoms with Gasteiger partial charge in [-0.15, -0.1) is 0 Å². The monoisotopic (exact) mass is 224 g/mol. The Morgan fingerprint density at radius 2 is 2.56 bits per heavy atom. The van der Waals surface area contributed by atoms with E-state index < -0.39 is 6.10 Å². The highest BCUT2D eigenvalue weighted by Gasteiger charge is 2.19. The third kappa shape index (κ3) is 2.62. The largest absolute Gasteiger partial charge is 0.387 e. The standard InChI is InChI=1S/C12H20N2O2/c1-2-14-11(7-8-13-14)12(15)6-5-10-4-3-9-16-10/h7-8,10,12,15H,2-6,9H2,1H3. The summed E-state index contributed by atoms with van der Waals surface area (Å²) in [5.74, 6) is 0. The molecule has 16 heavy (non-hydrogen) atoms. The van der Waals surface area contributed by atoms with Crippen LogP contribution >= 0.6 is 0 Å². The summed E-state index contributed by atoms with van der Waals surface area (Å²) in [6.45, 7) is 3.72. The fourth-order valence-corrected chi connectivity index (χ4v) is 2.25. The van der Waals surface area contributed by atoms with Crippen molar-refractivity contribution in [2.24, 2.45) is 0 Å². The Morgan fingerprint density at radius 1 is 1.69 bits per heavy atom. The highest BCUT2D eigenvalue weighted by molar-refractivity contribution is 5.04. The van der Waals surface area contributed by atoms with Gasteiger partial charge < -0.3 is 9.84 Å². The van der Waals surface area contributed by atoms with Crippen LogP contribution in [0.1, 0.15) is 44.4 Å². The van der Waals surface area contributed by atoms with Crippen molar-refractivity contribution in [1.82, 2.24) is 9.78 Å². The van der Waals surface area contributed by atoms with Crippen LogP contribution in [0.4, 0.5) is 0 Å². The first-order valence-corrected chi connectivity index (χ1v) is 6.12.